The number of carbonyl (C=O) groups excluding carboxylic acids is 2. The van der Waals surface area contributed by atoms with E-state index in [1.54, 1.807) is 0 Å². The number of ether oxygens (including phenoxy) is 2. The van der Waals surface area contributed by atoms with E-state index in [0.29, 0.717) is 12.8 Å². The summed E-state index contributed by atoms with van der Waals surface area (Å²) >= 11 is 0. The van der Waals surface area contributed by atoms with Gasteiger partial charge in [0.2, 0.25) is 0 Å². The molecule has 0 aromatic rings. The number of unbranched alkanes of at least 4 members (excludes halogenated alkanes) is 1. The standard InChI is InChI=1S/C16H25NO8/c17-12-16(11-13(20)21,6-4-15(23)25-10-8-19)5-2-1-3-14(22)24-9-7-18/h18-19H,1-11H2,(H,20,21). The SMILES string of the molecule is N#CC(CCCCC(=O)OCCO)(CCC(=O)OCCO)CC(=O)O. The fourth-order valence-electron chi connectivity index (χ4n) is 2.28. The van der Waals surface area contributed by atoms with Gasteiger partial charge in [0.1, 0.15) is 13.2 Å². The van der Waals surface area contributed by atoms with Crippen LogP contribution in [-0.4, -0.2) is 59.7 Å². The monoisotopic (exact) mass is 359 g/mol. The molecule has 0 amide bonds. The molecule has 0 saturated carbocycles. The highest BCUT2D eigenvalue weighted by molar-refractivity contribution is 5.71. The molecule has 0 rings (SSSR count). The molecule has 0 spiro atoms. The Morgan fingerprint density at radius 3 is 1.96 bits per heavy atom. The van der Waals surface area contributed by atoms with Crippen molar-refractivity contribution in [3.8, 4) is 6.07 Å². The fraction of sp³-hybridized carbons (Fsp3) is 0.750. The van der Waals surface area contributed by atoms with Gasteiger partial charge in [-0.15, -0.1) is 0 Å². The number of aliphatic carboxylic acids is 1. The van der Waals surface area contributed by atoms with Crippen molar-refractivity contribution in [1.29, 1.82) is 5.26 Å². The first-order chi connectivity index (χ1) is 11.9. The van der Waals surface area contributed by atoms with Crippen LogP contribution < -0.4 is 0 Å². The third kappa shape index (κ3) is 11.1. The summed E-state index contributed by atoms with van der Waals surface area (Å²) in [6.07, 6.45) is 0.632. The third-order valence-electron chi connectivity index (χ3n) is 3.53. The highest BCUT2D eigenvalue weighted by Crippen LogP contribution is 2.34. The van der Waals surface area contributed by atoms with Crippen molar-refractivity contribution >= 4 is 17.9 Å². The molecular formula is C16H25NO8. The van der Waals surface area contributed by atoms with Crippen LogP contribution in [0.1, 0.15) is 44.9 Å². The van der Waals surface area contributed by atoms with Crippen molar-refractivity contribution in [1.82, 2.24) is 0 Å². The van der Waals surface area contributed by atoms with Crippen LogP contribution in [-0.2, 0) is 23.9 Å². The van der Waals surface area contributed by atoms with Gasteiger partial charge in [-0.1, -0.05) is 6.42 Å². The zero-order valence-corrected chi connectivity index (χ0v) is 14.1. The molecule has 3 N–H and O–H groups in total. The van der Waals surface area contributed by atoms with Crippen LogP contribution in [0.4, 0.5) is 0 Å². The Hall–Kier alpha value is -2.18. The number of nitrogens with zero attached hydrogens (tertiary/aromatic N) is 1. The second-order valence-electron chi connectivity index (χ2n) is 5.56. The van der Waals surface area contributed by atoms with Crippen molar-refractivity contribution < 1.29 is 39.2 Å². The molecule has 0 aliphatic heterocycles. The Morgan fingerprint density at radius 1 is 0.920 bits per heavy atom. The van der Waals surface area contributed by atoms with Gasteiger partial charge in [0.05, 0.1) is 31.1 Å². The summed E-state index contributed by atoms with van der Waals surface area (Å²) < 4.78 is 9.40. The van der Waals surface area contributed by atoms with E-state index >= 15 is 0 Å². The topological polar surface area (TPSA) is 154 Å². The first kappa shape index (κ1) is 22.8. The number of carboxylic acids is 1. The van der Waals surface area contributed by atoms with Gasteiger partial charge in [-0.05, 0) is 19.3 Å². The normalized spacial score (nSPS) is 12.7. The number of nitriles is 1. The van der Waals surface area contributed by atoms with Crippen LogP contribution in [0.5, 0.6) is 0 Å². The molecule has 0 saturated heterocycles. The maximum Gasteiger partial charge on any atom is 0.305 e. The Bertz CT molecular complexity index is 473. The maximum atomic E-state index is 11.5. The van der Waals surface area contributed by atoms with Gasteiger partial charge in [0, 0.05) is 12.8 Å². The van der Waals surface area contributed by atoms with Gasteiger partial charge in [-0.3, -0.25) is 14.4 Å². The number of rotatable bonds is 14. The zero-order valence-electron chi connectivity index (χ0n) is 14.1. The van der Waals surface area contributed by atoms with Crippen molar-refractivity contribution in [3.05, 3.63) is 0 Å². The lowest BCUT2D eigenvalue weighted by atomic mass is 9.77. The number of hydrogen-bond donors (Lipinski definition) is 3. The molecule has 0 aromatic heterocycles. The third-order valence-corrected chi connectivity index (χ3v) is 3.53. The molecule has 9 nitrogen and oxygen atoms in total. The maximum absolute atomic E-state index is 11.5. The molecule has 0 aromatic carbocycles. The summed E-state index contributed by atoms with van der Waals surface area (Å²) in [6.45, 7) is -0.784. The second-order valence-corrected chi connectivity index (χ2v) is 5.56. The van der Waals surface area contributed by atoms with E-state index in [4.69, 9.17) is 24.8 Å². The quantitative estimate of drug-likeness (QED) is 0.295. The Kier molecular flexibility index (Phi) is 12.0. The fourth-order valence-corrected chi connectivity index (χ4v) is 2.28. The first-order valence-electron chi connectivity index (χ1n) is 8.05. The van der Waals surface area contributed by atoms with Gasteiger partial charge < -0.3 is 24.8 Å². The van der Waals surface area contributed by atoms with Crippen LogP contribution in [0.2, 0.25) is 0 Å². The summed E-state index contributed by atoms with van der Waals surface area (Å²) in [7, 11) is 0. The van der Waals surface area contributed by atoms with Crippen LogP contribution in [0.25, 0.3) is 0 Å². The molecule has 0 radical (unpaired) electrons. The van der Waals surface area contributed by atoms with Crippen molar-refractivity contribution in [2.24, 2.45) is 5.41 Å². The first-order valence-corrected chi connectivity index (χ1v) is 8.05. The average molecular weight is 359 g/mol. The Morgan fingerprint density at radius 2 is 1.48 bits per heavy atom. The molecule has 0 bridgehead atoms. The number of aliphatic hydroxyl groups is 2. The molecule has 1 unspecified atom stereocenters. The van der Waals surface area contributed by atoms with Gasteiger partial charge in [0.25, 0.3) is 0 Å². The van der Waals surface area contributed by atoms with Gasteiger partial charge in [0.15, 0.2) is 0 Å². The number of esters is 2. The van der Waals surface area contributed by atoms with Gasteiger partial charge in [-0.2, -0.15) is 5.26 Å². The molecule has 0 heterocycles. The van der Waals surface area contributed by atoms with E-state index < -0.39 is 29.7 Å². The van der Waals surface area contributed by atoms with E-state index in [0.717, 1.165) is 0 Å². The van der Waals surface area contributed by atoms with E-state index in [1.807, 2.05) is 6.07 Å². The highest BCUT2D eigenvalue weighted by Gasteiger charge is 2.33. The smallest absolute Gasteiger partial charge is 0.305 e. The summed E-state index contributed by atoms with van der Waals surface area (Å²) in [4.78, 5) is 33.9. The summed E-state index contributed by atoms with van der Waals surface area (Å²) in [5.74, 6) is -2.22. The van der Waals surface area contributed by atoms with Crippen molar-refractivity contribution in [2.75, 3.05) is 26.4 Å². The molecule has 0 aliphatic carbocycles. The van der Waals surface area contributed by atoms with E-state index in [9.17, 15) is 19.6 Å². The van der Waals surface area contributed by atoms with Crippen LogP contribution >= 0.6 is 0 Å². The lowest BCUT2D eigenvalue weighted by Crippen LogP contribution is -2.25. The number of carbonyl (C=O) groups is 3. The average Bonchev–Trinajstić information content (AvgIpc) is 2.59. The molecular weight excluding hydrogens is 334 g/mol. The lowest BCUT2D eigenvalue weighted by molar-refractivity contribution is -0.146. The largest absolute Gasteiger partial charge is 0.481 e. The molecule has 1 atom stereocenters. The van der Waals surface area contributed by atoms with Crippen molar-refractivity contribution in [3.63, 3.8) is 0 Å². The second kappa shape index (κ2) is 13.1. The highest BCUT2D eigenvalue weighted by atomic mass is 16.5. The van der Waals surface area contributed by atoms with Crippen molar-refractivity contribution in [2.45, 2.75) is 44.9 Å². The Labute approximate surface area is 146 Å². The lowest BCUT2D eigenvalue weighted by Gasteiger charge is -2.24. The number of hydrogen-bond acceptors (Lipinski definition) is 8. The van der Waals surface area contributed by atoms with Gasteiger partial charge >= 0.3 is 17.9 Å². The van der Waals surface area contributed by atoms with Crippen LogP contribution in [0.15, 0.2) is 0 Å². The number of aliphatic hydroxyl groups excluding tert-OH is 2. The number of carboxylic acid groups (broad SMARTS) is 1. The van der Waals surface area contributed by atoms with E-state index in [1.165, 1.54) is 0 Å². The minimum absolute atomic E-state index is 0.0228. The molecule has 9 heteroatoms. The van der Waals surface area contributed by atoms with Gasteiger partial charge in [-0.25, -0.2) is 0 Å². The predicted molar refractivity (Wildman–Crippen MR) is 84.1 cm³/mol. The van der Waals surface area contributed by atoms with Crippen LogP contribution in [0, 0.1) is 16.7 Å². The molecule has 142 valence electrons. The zero-order chi connectivity index (χ0) is 19.1. The molecule has 0 aliphatic rings. The molecule has 25 heavy (non-hydrogen) atoms. The minimum atomic E-state index is -1.22. The minimum Gasteiger partial charge on any atom is -0.481 e. The summed E-state index contributed by atoms with van der Waals surface area (Å²) in [5, 5.41) is 35.6. The summed E-state index contributed by atoms with van der Waals surface area (Å²) in [5.41, 5.74) is -1.22. The summed E-state index contributed by atoms with van der Waals surface area (Å²) in [6, 6.07) is 1.99. The van der Waals surface area contributed by atoms with E-state index in [2.05, 4.69) is 0 Å². The predicted octanol–water partition coefficient (Wildman–Crippen LogP) is 0.383. The molecule has 0 fully saturated rings. The van der Waals surface area contributed by atoms with Crippen LogP contribution in [0.3, 0.4) is 0 Å². The van der Waals surface area contributed by atoms with E-state index in [-0.39, 0.29) is 52.1 Å². The Balaban J connectivity index is 4.50.